The lowest BCUT2D eigenvalue weighted by atomic mass is 9.69. The van der Waals surface area contributed by atoms with Crippen LogP contribution in [0.1, 0.15) is 35.2 Å². The molecule has 1 aliphatic rings. The highest BCUT2D eigenvalue weighted by Crippen LogP contribution is 2.40. The summed E-state index contributed by atoms with van der Waals surface area (Å²) in [6, 6.07) is 3.92. The number of pyridine rings is 1. The molecule has 1 fully saturated rings. The van der Waals surface area contributed by atoms with Gasteiger partial charge in [-0.15, -0.1) is 0 Å². The summed E-state index contributed by atoms with van der Waals surface area (Å²) < 4.78 is 7.04. The first-order chi connectivity index (χ1) is 10.2. The number of aryl methyl sites for hydroxylation is 1. The minimum atomic E-state index is -0.0540. The molecule has 0 aromatic carbocycles. The van der Waals surface area contributed by atoms with Crippen LogP contribution < -0.4 is 5.32 Å². The van der Waals surface area contributed by atoms with Gasteiger partial charge in [0.2, 0.25) is 0 Å². The Labute approximate surface area is 124 Å². The van der Waals surface area contributed by atoms with E-state index in [0.717, 1.165) is 23.9 Å². The molecule has 2 aromatic rings. The molecule has 0 unspecified atom stereocenters. The van der Waals surface area contributed by atoms with E-state index in [-0.39, 0.29) is 11.3 Å². The maximum Gasteiger partial charge on any atom is 0.255 e. The van der Waals surface area contributed by atoms with Crippen LogP contribution in [0.5, 0.6) is 0 Å². The van der Waals surface area contributed by atoms with Crippen molar-refractivity contribution in [2.45, 2.75) is 26.2 Å². The molecule has 0 saturated heterocycles. The van der Waals surface area contributed by atoms with Crippen molar-refractivity contribution in [2.24, 2.45) is 5.41 Å². The summed E-state index contributed by atoms with van der Waals surface area (Å²) in [5, 5.41) is 7.31. The van der Waals surface area contributed by atoms with Gasteiger partial charge in [0.1, 0.15) is 0 Å². The molecule has 0 bridgehead atoms. The Hall–Kier alpha value is -1.88. The molecular weight excluding hydrogens is 266 g/mol. The molecule has 2 heterocycles. The van der Waals surface area contributed by atoms with Crippen molar-refractivity contribution >= 4 is 11.4 Å². The summed E-state index contributed by atoms with van der Waals surface area (Å²) in [7, 11) is 1.72. The first-order valence-corrected chi connectivity index (χ1v) is 7.35. The van der Waals surface area contributed by atoms with Gasteiger partial charge in [0.05, 0.1) is 23.9 Å². The summed E-state index contributed by atoms with van der Waals surface area (Å²) >= 11 is 0. The van der Waals surface area contributed by atoms with Crippen LogP contribution in [-0.4, -0.2) is 35.8 Å². The molecule has 21 heavy (non-hydrogen) atoms. The van der Waals surface area contributed by atoms with E-state index in [1.165, 1.54) is 6.42 Å². The third-order valence-corrected chi connectivity index (χ3v) is 4.48. The number of hydrogen-bond donors (Lipinski definition) is 1. The third kappa shape index (κ3) is 2.53. The van der Waals surface area contributed by atoms with E-state index in [4.69, 9.17) is 4.74 Å². The number of rotatable bonds is 5. The van der Waals surface area contributed by atoms with Crippen molar-refractivity contribution in [3.8, 4) is 0 Å². The van der Waals surface area contributed by atoms with Gasteiger partial charge in [0.25, 0.3) is 5.91 Å². The fourth-order valence-electron chi connectivity index (χ4n) is 3.10. The van der Waals surface area contributed by atoms with Gasteiger partial charge in [-0.05, 0) is 31.4 Å². The lowest BCUT2D eigenvalue weighted by molar-refractivity contribution is 0.0180. The van der Waals surface area contributed by atoms with E-state index in [2.05, 4.69) is 10.4 Å². The van der Waals surface area contributed by atoms with Crippen LogP contribution in [0.3, 0.4) is 0 Å². The van der Waals surface area contributed by atoms with Gasteiger partial charge in [0.15, 0.2) is 0 Å². The Kier molecular flexibility index (Phi) is 3.68. The molecule has 3 rings (SSSR count). The monoisotopic (exact) mass is 287 g/mol. The standard InChI is InChI=1S/C16H21N3O2/c1-12-5-3-8-19-14(12)13(9-18-19)15(20)17-10-16(11-21-2)6-4-7-16/h3,5,8-9H,4,6-7,10-11H2,1-2H3,(H,17,20). The predicted molar refractivity (Wildman–Crippen MR) is 80.4 cm³/mol. The molecule has 0 radical (unpaired) electrons. The van der Waals surface area contributed by atoms with Gasteiger partial charge in [-0.1, -0.05) is 12.5 Å². The largest absolute Gasteiger partial charge is 0.384 e. The number of aromatic nitrogens is 2. The fourth-order valence-corrected chi connectivity index (χ4v) is 3.10. The van der Waals surface area contributed by atoms with Crippen molar-refractivity contribution < 1.29 is 9.53 Å². The zero-order valence-corrected chi connectivity index (χ0v) is 12.6. The van der Waals surface area contributed by atoms with Gasteiger partial charge >= 0.3 is 0 Å². The first kappa shape index (κ1) is 14.1. The van der Waals surface area contributed by atoms with Gasteiger partial charge in [0, 0.05) is 25.3 Å². The number of ether oxygens (including phenoxy) is 1. The highest BCUT2D eigenvalue weighted by Gasteiger charge is 2.37. The third-order valence-electron chi connectivity index (χ3n) is 4.48. The maximum atomic E-state index is 12.5. The molecular formula is C16H21N3O2. The number of hydrogen-bond acceptors (Lipinski definition) is 3. The number of carbonyl (C=O) groups is 1. The van der Waals surface area contributed by atoms with E-state index >= 15 is 0 Å². The maximum absolute atomic E-state index is 12.5. The molecule has 1 aliphatic carbocycles. The van der Waals surface area contributed by atoms with Crippen molar-refractivity contribution in [3.63, 3.8) is 0 Å². The van der Waals surface area contributed by atoms with Crippen molar-refractivity contribution in [3.05, 3.63) is 35.7 Å². The van der Waals surface area contributed by atoms with Crippen molar-refractivity contribution in [1.82, 2.24) is 14.9 Å². The molecule has 0 atom stereocenters. The molecule has 112 valence electrons. The smallest absolute Gasteiger partial charge is 0.255 e. The van der Waals surface area contributed by atoms with E-state index < -0.39 is 0 Å². The Morgan fingerprint density at radius 1 is 1.52 bits per heavy atom. The van der Waals surface area contributed by atoms with Gasteiger partial charge in [-0.2, -0.15) is 5.10 Å². The lowest BCUT2D eigenvalue weighted by Gasteiger charge is -2.41. The summed E-state index contributed by atoms with van der Waals surface area (Å²) in [5.74, 6) is -0.0540. The molecule has 0 spiro atoms. The van der Waals surface area contributed by atoms with Crippen LogP contribution in [0.2, 0.25) is 0 Å². The summed E-state index contributed by atoms with van der Waals surface area (Å²) in [6.45, 7) is 3.37. The number of amides is 1. The lowest BCUT2D eigenvalue weighted by Crippen LogP contribution is -2.45. The molecule has 1 N–H and O–H groups in total. The predicted octanol–water partition coefficient (Wildman–Crippen LogP) is 2.19. The zero-order chi connectivity index (χ0) is 14.9. The zero-order valence-electron chi connectivity index (χ0n) is 12.6. The second-order valence-corrected chi connectivity index (χ2v) is 6.01. The fraction of sp³-hybridized carbons (Fsp3) is 0.500. The Balaban J connectivity index is 1.75. The first-order valence-electron chi connectivity index (χ1n) is 7.35. The SMILES string of the molecule is COCC1(CNC(=O)c2cnn3cccc(C)c23)CCC1. The highest BCUT2D eigenvalue weighted by molar-refractivity contribution is 6.01. The quantitative estimate of drug-likeness (QED) is 0.917. The Morgan fingerprint density at radius 2 is 2.33 bits per heavy atom. The second kappa shape index (κ2) is 5.48. The number of nitrogens with zero attached hydrogens (tertiary/aromatic N) is 2. The van der Waals surface area contributed by atoms with Crippen LogP contribution in [0.15, 0.2) is 24.5 Å². The van der Waals surface area contributed by atoms with Gasteiger partial charge < -0.3 is 10.1 Å². The van der Waals surface area contributed by atoms with E-state index in [1.807, 2.05) is 25.3 Å². The molecule has 5 nitrogen and oxygen atoms in total. The summed E-state index contributed by atoms with van der Waals surface area (Å²) in [5.41, 5.74) is 2.70. The Bertz CT molecular complexity index is 659. The molecule has 5 heteroatoms. The average molecular weight is 287 g/mol. The van der Waals surface area contributed by atoms with Gasteiger partial charge in [-0.3, -0.25) is 4.79 Å². The van der Waals surface area contributed by atoms with Crippen molar-refractivity contribution in [1.29, 1.82) is 0 Å². The van der Waals surface area contributed by atoms with E-state index in [9.17, 15) is 4.79 Å². The minimum Gasteiger partial charge on any atom is -0.384 e. The van der Waals surface area contributed by atoms with E-state index in [0.29, 0.717) is 18.7 Å². The molecule has 0 aliphatic heterocycles. The number of methoxy groups -OCH3 is 1. The number of fused-ring (bicyclic) bond motifs is 1. The molecule has 2 aromatic heterocycles. The van der Waals surface area contributed by atoms with E-state index in [1.54, 1.807) is 17.8 Å². The van der Waals surface area contributed by atoms with Crippen LogP contribution >= 0.6 is 0 Å². The minimum absolute atomic E-state index is 0.0540. The second-order valence-electron chi connectivity index (χ2n) is 6.01. The summed E-state index contributed by atoms with van der Waals surface area (Å²) in [6.07, 6.45) is 6.96. The molecule has 1 amide bonds. The number of carbonyl (C=O) groups excluding carboxylic acids is 1. The van der Waals surface area contributed by atoms with Crippen molar-refractivity contribution in [2.75, 3.05) is 20.3 Å². The molecule has 1 saturated carbocycles. The summed E-state index contributed by atoms with van der Waals surface area (Å²) in [4.78, 5) is 12.5. The normalized spacial score (nSPS) is 16.7. The topological polar surface area (TPSA) is 55.6 Å². The Morgan fingerprint density at radius 3 is 3.00 bits per heavy atom. The van der Waals surface area contributed by atoms with Gasteiger partial charge in [-0.25, -0.2) is 4.52 Å². The van der Waals surface area contributed by atoms with Crippen LogP contribution in [0, 0.1) is 12.3 Å². The van der Waals surface area contributed by atoms with Crippen LogP contribution in [0.4, 0.5) is 0 Å². The van der Waals surface area contributed by atoms with Crippen LogP contribution in [-0.2, 0) is 4.74 Å². The van der Waals surface area contributed by atoms with Crippen LogP contribution in [0.25, 0.3) is 5.52 Å². The number of nitrogens with one attached hydrogen (secondary N) is 1. The average Bonchev–Trinajstić information content (AvgIpc) is 2.87. The highest BCUT2D eigenvalue weighted by atomic mass is 16.5.